The van der Waals surface area contributed by atoms with Gasteiger partial charge in [0.25, 0.3) is 0 Å². The average Bonchev–Trinajstić information content (AvgIpc) is 3.31. The van der Waals surface area contributed by atoms with Gasteiger partial charge < -0.3 is 16.0 Å². The third-order valence-electron chi connectivity index (χ3n) is 5.75. The molecule has 0 aliphatic carbocycles. The van der Waals surface area contributed by atoms with Crippen molar-refractivity contribution in [3.05, 3.63) is 82.4 Å². The molecule has 5 rings (SSSR count). The molecule has 3 heterocycles. The van der Waals surface area contributed by atoms with E-state index in [-0.39, 0.29) is 11.9 Å². The summed E-state index contributed by atoms with van der Waals surface area (Å²) in [6, 6.07) is 15.3. The molecule has 0 spiro atoms. The second-order valence-corrected chi connectivity index (χ2v) is 8.35. The van der Waals surface area contributed by atoms with E-state index < -0.39 is 0 Å². The van der Waals surface area contributed by atoms with Crippen LogP contribution in [0.4, 0.5) is 15.9 Å². The number of imidazole rings is 1. The molecule has 2 aromatic carbocycles. The molecule has 4 N–H and O–H groups in total. The molecule has 2 aromatic heterocycles. The number of nitrogens with two attached hydrogens (primary N) is 1. The smallest absolute Gasteiger partial charge is 0.180 e. The number of H-pyrrole nitrogens is 1. The lowest BCUT2D eigenvalue weighted by Crippen LogP contribution is -2.17. The summed E-state index contributed by atoms with van der Waals surface area (Å²) in [5.41, 5.74) is 13.5. The third-order valence-corrected chi connectivity index (χ3v) is 5.75. The SMILES string of the molecule is Cc1nc2nc(N)cc(C3Cc4cc(CN(C)Cc5ccc(F)cc5)ccc4N3)c2[nH]1. The van der Waals surface area contributed by atoms with Gasteiger partial charge in [0.2, 0.25) is 0 Å². The summed E-state index contributed by atoms with van der Waals surface area (Å²) < 4.78 is 13.1. The fraction of sp³-hybridized carbons (Fsp3) is 0.250. The highest BCUT2D eigenvalue weighted by atomic mass is 19.1. The second-order valence-electron chi connectivity index (χ2n) is 8.35. The van der Waals surface area contributed by atoms with Gasteiger partial charge >= 0.3 is 0 Å². The zero-order chi connectivity index (χ0) is 21.5. The summed E-state index contributed by atoms with van der Waals surface area (Å²) >= 11 is 0. The van der Waals surface area contributed by atoms with Crippen LogP contribution in [0.2, 0.25) is 0 Å². The molecule has 1 aliphatic rings. The predicted octanol–water partition coefficient (Wildman–Crippen LogP) is 4.33. The van der Waals surface area contributed by atoms with E-state index in [1.807, 2.05) is 25.1 Å². The van der Waals surface area contributed by atoms with Gasteiger partial charge in [-0.3, -0.25) is 4.90 Å². The summed E-state index contributed by atoms with van der Waals surface area (Å²) in [4.78, 5) is 14.3. The Labute approximate surface area is 180 Å². The molecule has 0 amide bonds. The van der Waals surface area contributed by atoms with Gasteiger partial charge in [-0.2, -0.15) is 0 Å². The van der Waals surface area contributed by atoms with Gasteiger partial charge in [-0.15, -0.1) is 0 Å². The van der Waals surface area contributed by atoms with Crippen molar-refractivity contribution in [2.45, 2.75) is 32.5 Å². The van der Waals surface area contributed by atoms with Gasteiger partial charge in [0, 0.05) is 24.3 Å². The topological polar surface area (TPSA) is 82.9 Å². The van der Waals surface area contributed by atoms with Crippen LogP contribution < -0.4 is 11.1 Å². The van der Waals surface area contributed by atoms with Crippen LogP contribution in [0, 0.1) is 12.7 Å². The lowest BCUT2D eigenvalue weighted by atomic mass is 10.0. The zero-order valence-electron chi connectivity index (χ0n) is 17.6. The fourth-order valence-electron chi connectivity index (χ4n) is 4.39. The van der Waals surface area contributed by atoms with Crippen molar-refractivity contribution in [3.63, 3.8) is 0 Å². The number of fused-ring (bicyclic) bond motifs is 2. The van der Waals surface area contributed by atoms with Crippen molar-refractivity contribution in [3.8, 4) is 0 Å². The summed E-state index contributed by atoms with van der Waals surface area (Å²) in [5.74, 6) is 1.11. The fourth-order valence-corrected chi connectivity index (χ4v) is 4.39. The van der Waals surface area contributed by atoms with Gasteiger partial charge in [0.05, 0.1) is 11.6 Å². The van der Waals surface area contributed by atoms with E-state index in [0.717, 1.165) is 47.7 Å². The van der Waals surface area contributed by atoms with Crippen LogP contribution >= 0.6 is 0 Å². The van der Waals surface area contributed by atoms with Crippen molar-refractivity contribution in [1.82, 2.24) is 19.9 Å². The number of aromatic amines is 1. The first-order valence-corrected chi connectivity index (χ1v) is 10.4. The van der Waals surface area contributed by atoms with Crippen LogP contribution in [0.5, 0.6) is 0 Å². The molecular formula is C24H25FN6. The van der Waals surface area contributed by atoms with Gasteiger partial charge in [0.15, 0.2) is 5.65 Å². The van der Waals surface area contributed by atoms with E-state index >= 15 is 0 Å². The predicted molar refractivity (Wildman–Crippen MR) is 121 cm³/mol. The highest BCUT2D eigenvalue weighted by Gasteiger charge is 2.25. The first-order chi connectivity index (χ1) is 14.9. The number of nitrogens with one attached hydrogen (secondary N) is 2. The number of halogens is 1. The Morgan fingerprint density at radius 1 is 1.06 bits per heavy atom. The Morgan fingerprint density at radius 2 is 1.81 bits per heavy atom. The maximum atomic E-state index is 13.1. The van der Waals surface area contributed by atoms with Crippen LogP contribution in [0.15, 0.2) is 48.5 Å². The highest BCUT2D eigenvalue weighted by Crippen LogP contribution is 2.37. The minimum atomic E-state index is -0.203. The lowest BCUT2D eigenvalue weighted by molar-refractivity contribution is 0.319. The van der Waals surface area contributed by atoms with Crippen molar-refractivity contribution in [2.24, 2.45) is 0 Å². The minimum absolute atomic E-state index is 0.120. The minimum Gasteiger partial charge on any atom is -0.384 e. The van der Waals surface area contributed by atoms with E-state index in [1.165, 1.54) is 23.3 Å². The molecular weight excluding hydrogens is 391 g/mol. The van der Waals surface area contributed by atoms with Crippen LogP contribution in [0.1, 0.15) is 34.1 Å². The van der Waals surface area contributed by atoms with Gasteiger partial charge in [-0.05, 0) is 61.3 Å². The molecule has 0 saturated carbocycles. The number of hydrogen-bond donors (Lipinski definition) is 3. The summed E-state index contributed by atoms with van der Waals surface area (Å²) in [7, 11) is 2.08. The van der Waals surface area contributed by atoms with E-state index in [9.17, 15) is 4.39 Å². The van der Waals surface area contributed by atoms with Crippen LogP contribution in [-0.4, -0.2) is 26.9 Å². The number of aryl methyl sites for hydroxylation is 1. The van der Waals surface area contributed by atoms with E-state index in [0.29, 0.717) is 11.5 Å². The molecule has 7 heteroatoms. The quantitative estimate of drug-likeness (QED) is 0.451. The third kappa shape index (κ3) is 3.96. The molecule has 0 radical (unpaired) electrons. The normalized spacial score (nSPS) is 15.4. The summed E-state index contributed by atoms with van der Waals surface area (Å²) in [6.45, 7) is 3.51. The zero-order valence-corrected chi connectivity index (χ0v) is 17.6. The van der Waals surface area contributed by atoms with E-state index in [2.05, 4.69) is 50.4 Å². The molecule has 31 heavy (non-hydrogen) atoms. The molecule has 0 bridgehead atoms. The van der Waals surface area contributed by atoms with Gasteiger partial charge in [-0.1, -0.05) is 24.3 Å². The first-order valence-electron chi connectivity index (χ1n) is 10.4. The molecule has 4 aromatic rings. The molecule has 6 nitrogen and oxygen atoms in total. The number of nitrogen functional groups attached to an aromatic ring is 1. The van der Waals surface area contributed by atoms with Gasteiger partial charge in [0.1, 0.15) is 17.5 Å². The Bertz CT molecular complexity index is 1250. The first kappa shape index (κ1) is 19.5. The number of nitrogens with zero attached hydrogens (tertiary/aromatic N) is 3. The summed E-state index contributed by atoms with van der Waals surface area (Å²) in [5, 5.41) is 3.62. The molecule has 1 atom stereocenters. The van der Waals surface area contributed by atoms with Crippen molar-refractivity contribution < 1.29 is 4.39 Å². The summed E-state index contributed by atoms with van der Waals surface area (Å²) in [6.07, 6.45) is 0.876. The number of aromatic nitrogens is 3. The average molecular weight is 417 g/mol. The maximum absolute atomic E-state index is 13.1. The van der Waals surface area contributed by atoms with Crippen LogP contribution in [0.3, 0.4) is 0 Å². The largest absolute Gasteiger partial charge is 0.384 e. The second kappa shape index (κ2) is 7.67. The van der Waals surface area contributed by atoms with Crippen LogP contribution in [-0.2, 0) is 19.5 Å². The van der Waals surface area contributed by atoms with E-state index in [4.69, 9.17) is 5.73 Å². The molecule has 0 saturated heterocycles. The molecule has 0 fully saturated rings. The molecule has 1 aliphatic heterocycles. The Morgan fingerprint density at radius 3 is 2.61 bits per heavy atom. The van der Waals surface area contributed by atoms with Crippen LogP contribution in [0.25, 0.3) is 11.2 Å². The van der Waals surface area contributed by atoms with Crippen molar-refractivity contribution in [1.29, 1.82) is 0 Å². The Kier molecular flexibility index (Phi) is 4.82. The number of hydrogen-bond acceptors (Lipinski definition) is 5. The number of anilines is 2. The van der Waals surface area contributed by atoms with Crippen molar-refractivity contribution >= 4 is 22.7 Å². The van der Waals surface area contributed by atoms with Crippen molar-refractivity contribution in [2.75, 3.05) is 18.1 Å². The Hall–Kier alpha value is -3.45. The highest BCUT2D eigenvalue weighted by molar-refractivity contribution is 5.79. The monoisotopic (exact) mass is 416 g/mol. The number of pyridine rings is 1. The van der Waals surface area contributed by atoms with Gasteiger partial charge in [-0.25, -0.2) is 14.4 Å². The molecule has 158 valence electrons. The lowest BCUT2D eigenvalue weighted by Gasteiger charge is -2.17. The molecule has 1 unspecified atom stereocenters. The Balaban J connectivity index is 1.33. The standard InChI is InChI=1S/C24H25FN6/c1-14-27-23-19(11-22(26)30-24(23)28-14)21-10-17-9-16(5-8-20(17)29-21)13-31(2)12-15-3-6-18(25)7-4-15/h3-9,11,21,29H,10,12-13H2,1-2H3,(H3,26,27,28,30). The number of benzene rings is 2. The number of rotatable bonds is 5. The maximum Gasteiger partial charge on any atom is 0.180 e. The van der Waals surface area contributed by atoms with E-state index in [1.54, 1.807) is 0 Å².